The van der Waals surface area contributed by atoms with E-state index in [4.69, 9.17) is 11.6 Å². The summed E-state index contributed by atoms with van der Waals surface area (Å²) in [5.74, 6) is 0. The summed E-state index contributed by atoms with van der Waals surface area (Å²) in [7, 11) is 0. The molecule has 0 aromatic rings. The summed E-state index contributed by atoms with van der Waals surface area (Å²) in [4.78, 5) is 10.1. The van der Waals surface area contributed by atoms with Crippen molar-refractivity contribution in [3.05, 3.63) is 12.2 Å². The van der Waals surface area contributed by atoms with Crippen LogP contribution in [0.2, 0.25) is 0 Å². The molecule has 0 atom stereocenters. The maximum atomic E-state index is 10.1. The van der Waals surface area contributed by atoms with Crippen molar-refractivity contribution in [3.8, 4) is 0 Å². The van der Waals surface area contributed by atoms with Crippen LogP contribution in [0.3, 0.4) is 0 Å². The zero-order valence-corrected chi connectivity index (χ0v) is 6.32. The number of hydrogen-bond donors (Lipinski definition) is 0. The Balaban J connectivity index is 3.15. The van der Waals surface area contributed by atoms with E-state index in [1.807, 2.05) is 0 Å². The largest absolute Gasteiger partial charge is 0.276 e. The summed E-state index contributed by atoms with van der Waals surface area (Å²) in [5, 5.41) is -0.383. The molecule has 0 radical (unpaired) electrons. The maximum Gasteiger partial charge on any atom is 0.244 e. The third kappa shape index (κ3) is 7.70. The highest BCUT2D eigenvalue weighted by Crippen LogP contribution is 1.95. The molecule has 0 unspecified atom stereocenters. The van der Waals surface area contributed by atoms with Crippen LogP contribution in [0.1, 0.15) is 26.2 Å². The molecule has 0 amide bonds. The number of unbranched alkanes of at least 4 members (excludes halogenated alkanes) is 2. The normalized spacial score (nSPS) is 10.4. The lowest BCUT2D eigenvalue weighted by Crippen LogP contribution is -1.74. The van der Waals surface area contributed by atoms with E-state index in [2.05, 4.69) is 6.92 Å². The van der Waals surface area contributed by atoms with Crippen LogP contribution in [0, 0.1) is 0 Å². The SMILES string of the molecule is CCCCC=CC(=O)Cl. The van der Waals surface area contributed by atoms with Crippen molar-refractivity contribution in [3.63, 3.8) is 0 Å². The highest BCUT2D eigenvalue weighted by Gasteiger charge is 1.83. The van der Waals surface area contributed by atoms with E-state index in [0.29, 0.717) is 0 Å². The third-order valence-electron chi connectivity index (χ3n) is 0.973. The molecular formula is C7H11ClO. The van der Waals surface area contributed by atoms with E-state index >= 15 is 0 Å². The number of hydrogen-bond acceptors (Lipinski definition) is 1. The maximum absolute atomic E-state index is 10.1. The Bertz CT molecular complexity index is 107. The van der Waals surface area contributed by atoms with Crippen molar-refractivity contribution in [2.45, 2.75) is 26.2 Å². The van der Waals surface area contributed by atoms with Gasteiger partial charge in [0.2, 0.25) is 5.24 Å². The standard InChI is InChI=1S/C7H11ClO/c1-2-3-4-5-6-7(8)9/h5-6H,2-4H2,1H3. The summed E-state index contributed by atoms with van der Waals surface area (Å²) in [5.41, 5.74) is 0. The van der Waals surface area contributed by atoms with Crippen LogP contribution in [-0.2, 0) is 4.79 Å². The van der Waals surface area contributed by atoms with Crippen molar-refractivity contribution < 1.29 is 4.79 Å². The van der Waals surface area contributed by atoms with E-state index in [9.17, 15) is 4.79 Å². The monoisotopic (exact) mass is 146 g/mol. The number of halogens is 1. The molecule has 0 aliphatic carbocycles. The summed E-state index contributed by atoms with van der Waals surface area (Å²) in [6.07, 6.45) is 6.44. The Morgan fingerprint density at radius 1 is 1.67 bits per heavy atom. The van der Waals surface area contributed by atoms with Crippen molar-refractivity contribution in [1.29, 1.82) is 0 Å². The van der Waals surface area contributed by atoms with Crippen LogP contribution in [0.15, 0.2) is 12.2 Å². The smallest absolute Gasteiger partial charge is 0.244 e. The minimum atomic E-state index is -0.383. The average Bonchev–Trinajstić information content (AvgIpc) is 1.80. The highest BCUT2D eigenvalue weighted by atomic mass is 35.5. The Kier molecular flexibility index (Phi) is 5.64. The van der Waals surface area contributed by atoms with Crippen LogP contribution < -0.4 is 0 Å². The zero-order valence-electron chi connectivity index (χ0n) is 5.56. The van der Waals surface area contributed by atoms with Gasteiger partial charge in [-0.05, 0) is 24.1 Å². The minimum Gasteiger partial charge on any atom is -0.276 e. The van der Waals surface area contributed by atoms with Crippen LogP contribution in [-0.4, -0.2) is 5.24 Å². The first-order valence-electron chi connectivity index (χ1n) is 3.13. The molecule has 0 saturated heterocycles. The van der Waals surface area contributed by atoms with Gasteiger partial charge in [0.25, 0.3) is 0 Å². The fourth-order valence-corrected chi connectivity index (χ4v) is 0.587. The Hall–Kier alpha value is -0.300. The third-order valence-corrected chi connectivity index (χ3v) is 1.10. The lowest BCUT2D eigenvalue weighted by Gasteiger charge is -1.84. The number of rotatable bonds is 4. The van der Waals surface area contributed by atoms with Crippen molar-refractivity contribution in [1.82, 2.24) is 0 Å². The second-order valence-electron chi connectivity index (χ2n) is 1.85. The second kappa shape index (κ2) is 5.83. The van der Waals surface area contributed by atoms with E-state index in [1.165, 1.54) is 6.08 Å². The van der Waals surface area contributed by atoms with Crippen LogP contribution in [0.4, 0.5) is 0 Å². The molecule has 0 bridgehead atoms. The van der Waals surface area contributed by atoms with Gasteiger partial charge < -0.3 is 0 Å². The fraction of sp³-hybridized carbons (Fsp3) is 0.571. The van der Waals surface area contributed by atoms with E-state index in [0.717, 1.165) is 19.3 Å². The van der Waals surface area contributed by atoms with Crippen molar-refractivity contribution >= 4 is 16.8 Å². The molecule has 2 heteroatoms. The molecule has 0 aliphatic rings. The van der Waals surface area contributed by atoms with Gasteiger partial charge in [0.1, 0.15) is 0 Å². The zero-order chi connectivity index (χ0) is 7.11. The van der Waals surface area contributed by atoms with E-state index < -0.39 is 0 Å². The molecule has 0 spiro atoms. The van der Waals surface area contributed by atoms with Crippen LogP contribution >= 0.6 is 11.6 Å². The lowest BCUT2D eigenvalue weighted by atomic mass is 10.2. The molecule has 0 aromatic heterocycles. The predicted octanol–water partition coefficient (Wildman–Crippen LogP) is 2.50. The summed E-state index contributed by atoms with van der Waals surface area (Å²) in [6.45, 7) is 2.11. The van der Waals surface area contributed by atoms with E-state index in [-0.39, 0.29) is 5.24 Å². The number of carbonyl (C=O) groups excluding carboxylic acids is 1. The van der Waals surface area contributed by atoms with Gasteiger partial charge in [-0.2, -0.15) is 0 Å². The second-order valence-corrected chi connectivity index (χ2v) is 2.22. The molecule has 0 fully saturated rings. The Labute approximate surface area is 60.7 Å². The topological polar surface area (TPSA) is 17.1 Å². The molecule has 0 saturated carbocycles. The summed E-state index contributed by atoms with van der Waals surface area (Å²) in [6, 6.07) is 0. The highest BCUT2D eigenvalue weighted by molar-refractivity contribution is 6.66. The van der Waals surface area contributed by atoms with E-state index in [1.54, 1.807) is 6.08 Å². The average molecular weight is 147 g/mol. The van der Waals surface area contributed by atoms with Gasteiger partial charge in [-0.3, -0.25) is 4.79 Å². The van der Waals surface area contributed by atoms with Crippen LogP contribution in [0.5, 0.6) is 0 Å². The fourth-order valence-electron chi connectivity index (χ4n) is 0.498. The van der Waals surface area contributed by atoms with Crippen molar-refractivity contribution in [2.24, 2.45) is 0 Å². The number of allylic oxidation sites excluding steroid dienone is 2. The molecule has 0 rings (SSSR count). The van der Waals surface area contributed by atoms with Gasteiger partial charge in [0, 0.05) is 0 Å². The quantitative estimate of drug-likeness (QED) is 0.338. The molecule has 52 valence electrons. The minimum absolute atomic E-state index is 0.383. The first-order chi connectivity index (χ1) is 4.27. The molecular weight excluding hydrogens is 136 g/mol. The molecule has 0 heterocycles. The predicted molar refractivity (Wildman–Crippen MR) is 39.5 cm³/mol. The Morgan fingerprint density at radius 2 is 2.33 bits per heavy atom. The number of carbonyl (C=O) groups is 1. The summed E-state index contributed by atoms with van der Waals surface area (Å²) >= 11 is 5.03. The molecule has 9 heavy (non-hydrogen) atoms. The molecule has 0 aliphatic heterocycles. The van der Waals surface area contributed by atoms with Gasteiger partial charge in [-0.1, -0.05) is 25.8 Å². The van der Waals surface area contributed by atoms with Crippen LogP contribution in [0.25, 0.3) is 0 Å². The first kappa shape index (κ1) is 8.70. The van der Waals surface area contributed by atoms with Gasteiger partial charge in [-0.25, -0.2) is 0 Å². The van der Waals surface area contributed by atoms with Crippen molar-refractivity contribution in [2.75, 3.05) is 0 Å². The Morgan fingerprint density at radius 3 is 2.78 bits per heavy atom. The van der Waals surface area contributed by atoms with Gasteiger partial charge in [-0.15, -0.1) is 0 Å². The first-order valence-corrected chi connectivity index (χ1v) is 3.51. The lowest BCUT2D eigenvalue weighted by molar-refractivity contribution is -0.107. The molecule has 0 N–H and O–H groups in total. The van der Waals surface area contributed by atoms with Gasteiger partial charge in [0.15, 0.2) is 0 Å². The van der Waals surface area contributed by atoms with Gasteiger partial charge in [0.05, 0.1) is 0 Å². The summed E-state index contributed by atoms with van der Waals surface area (Å²) < 4.78 is 0. The molecule has 1 nitrogen and oxygen atoms in total. The molecule has 0 aromatic carbocycles. The van der Waals surface area contributed by atoms with Gasteiger partial charge >= 0.3 is 0 Å².